The molecule has 0 aliphatic rings. The van der Waals surface area contributed by atoms with Crippen LogP contribution in [0.25, 0.3) is 0 Å². The predicted octanol–water partition coefficient (Wildman–Crippen LogP) is 3.01. The number of hydrogen-bond acceptors (Lipinski definition) is 7. The van der Waals surface area contributed by atoms with Crippen molar-refractivity contribution >= 4 is 39.9 Å². The highest BCUT2D eigenvalue weighted by Crippen LogP contribution is 2.25. The summed E-state index contributed by atoms with van der Waals surface area (Å²) in [6, 6.07) is 9.15. The lowest BCUT2D eigenvalue weighted by Gasteiger charge is -2.15. The Bertz CT molecular complexity index is 719. The second-order valence-electron chi connectivity index (χ2n) is 6.36. The number of thioether (sulfide) groups is 1. The molecule has 0 aliphatic heterocycles. The number of carbonyl (C=O) groups excluding carboxylic acids is 2. The Morgan fingerprint density at radius 3 is 2.58 bits per heavy atom. The fourth-order valence-electron chi connectivity index (χ4n) is 2.14. The number of rotatable bonds is 10. The van der Waals surface area contributed by atoms with E-state index >= 15 is 0 Å². The van der Waals surface area contributed by atoms with Gasteiger partial charge in [-0.2, -0.15) is 0 Å². The third kappa shape index (κ3) is 7.13. The molecule has 2 rings (SSSR count). The zero-order valence-electron chi connectivity index (χ0n) is 15.2. The van der Waals surface area contributed by atoms with Crippen LogP contribution in [0, 0.1) is 5.92 Å². The molecular formula is C18H24N4O2S2. The first-order valence-electron chi connectivity index (χ1n) is 8.48. The Kier molecular flexibility index (Phi) is 8.06. The molecule has 2 aromatic rings. The highest BCUT2D eigenvalue weighted by Gasteiger charge is 2.18. The molecule has 6 nitrogen and oxygen atoms in total. The van der Waals surface area contributed by atoms with Crippen molar-refractivity contribution in [3.8, 4) is 0 Å². The predicted molar refractivity (Wildman–Crippen MR) is 107 cm³/mol. The van der Waals surface area contributed by atoms with Gasteiger partial charge in [0, 0.05) is 6.54 Å². The van der Waals surface area contributed by atoms with Crippen LogP contribution >= 0.6 is 23.1 Å². The maximum Gasteiger partial charge on any atom is 0.231 e. The highest BCUT2D eigenvalue weighted by molar-refractivity contribution is 8.01. The van der Waals surface area contributed by atoms with Gasteiger partial charge in [0.25, 0.3) is 0 Å². The summed E-state index contributed by atoms with van der Waals surface area (Å²) in [7, 11) is 0. The number of nitrogens with zero attached hydrogens (tertiary/aromatic N) is 2. The number of anilines is 1. The topological polar surface area (TPSA) is 84.0 Å². The highest BCUT2D eigenvalue weighted by atomic mass is 32.2. The monoisotopic (exact) mass is 392 g/mol. The van der Waals surface area contributed by atoms with Crippen molar-refractivity contribution in [3.63, 3.8) is 0 Å². The minimum Gasteiger partial charge on any atom is -0.360 e. The smallest absolute Gasteiger partial charge is 0.231 e. The summed E-state index contributed by atoms with van der Waals surface area (Å²) in [5.41, 5.74) is 1.02. The van der Waals surface area contributed by atoms with Crippen LogP contribution in [0.5, 0.6) is 0 Å². The zero-order chi connectivity index (χ0) is 18.9. The number of aromatic nitrogens is 2. The van der Waals surface area contributed by atoms with Crippen LogP contribution in [0.3, 0.4) is 0 Å². The maximum absolute atomic E-state index is 12.2. The van der Waals surface area contributed by atoms with Crippen LogP contribution in [-0.2, 0) is 16.0 Å². The molecular weight excluding hydrogens is 368 g/mol. The van der Waals surface area contributed by atoms with Crippen LogP contribution in [0.15, 0.2) is 34.7 Å². The Hall–Kier alpha value is -1.93. The number of hydrogen-bond donors (Lipinski definition) is 2. The molecule has 140 valence electrons. The van der Waals surface area contributed by atoms with Crippen molar-refractivity contribution in [1.29, 1.82) is 0 Å². The summed E-state index contributed by atoms with van der Waals surface area (Å²) in [5.74, 6) is 0.493. The Balaban J connectivity index is 1.81. The number of amides is 1. The summed E-state index contributed by atoms with van der Waals surface area (Å²) in [6.45, 7) is 6.57. The number of Topliss-reactive ketones (excluding diaryl/α,β-unsaturated/α-hetero) is 1. The zero-order valence-corrected chi connectivity index (χ0v) is 16.8. The molecule has 0 saturated heterocycles. The van der Waals surface area contributed by atoms with E-state index in [2.05, 4.69) is 34.7 Å². The summed E-state index contributed by atoms with van der Waals surface area (Å²) < 4.78 is 0.730. The molecule has 2 N–H and O–H groups in total. The van der Waals surface area contributed by atoms with Gasteiger partial charge in [0.15, 0.2) is 10.1 Å². The second-order valence-corrected chi connectivity index (χ2v) is 8.56. The van der Waals surface area contributed by atoms with Crippen LogP contribution in [0.2, 0.25) is 0 Å². The molecule has 0 saturated carbocycles. The van der Waals surface area contributed by atoms with Gasteiger partial charge in [-0.15, -0.1) is 10.2 Å². The van der Waals surface area contributed by atoms with Gasteiger partial charge in [0.2, 0.25) is 11.0 Å². The minimum absolute atomic E-state index is 0.0525. The lowest BCUT2D eigenvalue weighted by atomic mass is 10.0. The van der Waals surface area contributed by atoms with E-state index in [1.54, 1.807) is 0 Å². The molecule has 0 fully saturated rings. The Morgan fingerprint density at radius 1 is 1.19 bits per heavy atom. The normalized spacial score (nSPS) is 12.0. The van der Waals surface area contributed by atoms with E-state index in [0.29, 0.717) is 12.3 Å². The van der Waals surface area contributed by atoms with Crippen LogP contribution in [-0.4, -0.2) is 40.2 Å². The SMILES string of the molecule is CC(=O)[C@@H](Cc1ccccc1)NC(=O)CSc1nnc(NCC(C)C)s1. The fourth-order valence-corrected chi connectivity index (χ4v) is 3.71. The molecule has 0 unspecified atom stereocenters. The van der Waals surface area contributed by atoms with Gasteiger partial charge in [-0.05, 0) is 24.8 Å². The largest absolute Gasteiger partial charge is 0.360 e. The summed E-state index contributed by atoms with van der Waals surface area (Å²) in [4.78, 5) is 24.0. The molecule has 0 radical (unpaired) electrons. The van der Waals surface area contributed by atoms with Gasteiger partial charge >= 0.3 is 0 Å². The van der Waals surface area contributed by atoms with E-state index in [1.807, 2.05) is 30.3 Å². The Morgan fingerprint density at radius 2 is 1.92 bits per heavy atom. The first-order valence-corrected chi connectivity index (χ1v) is 10.3. The average Bonchev–Trinajstić information content (AvgIpc) is 3.06. The fraction of sp³-hybridized carbons (Fsp3) is 0.444. The van der Waals surface area contributed by atoms with Crippen LogP contribution < -0.4 is 10.6 Å². The number of carbonyl (C=O) groups is 2. The van der Waals surface area contributed by atoms with Crippen molar-refractivity contribution in [1.82, 2.24) is 15.5 Å². The van der Waals surface area contributed by atoms with Crippen LogP contribution in [0.4, 0.5) is 5.13 Å². The minimum atomic E-state index is -0.511. The standard InChI is InChI=1S/C18H24N4O2S2/c1-12(2)10-19-17-21-22-18(26-17)25-11-16(24)20-15(13(3)23)9-14-7-5-4-6-8-14/h4-8,12,15H,9-11H2,1-3H3,(H,19,21)(H,20,24)/t15-/m1/s1. The van der Waals surface area contributed by atoms with Gasteiger partial charge in [0.1, 0.15) is 0 Å². The van der Waals surface area contributed by atoms with Crippen molar-refractivity contribution in [3.05, 3.63) is 35.9 Å². The molecule has 1 aromatic carbocycles. The van der Waals surface area contributed by atoms with Gasteiger partial charge in [-0.1, -0.05) is 67.3 Å². The molecule has 0 bridgehead atoms. The van der Waals surface area contributed by atoms with E-state index in [-0.39, 0.29) is 17.4 Å². The maximum atomic E-state index is 12.2. The van der Waals surface area contributed by atoms with Gasteiger partial charge < -0.3 is 10.6 Å². The van der Waals surface area contributed by atoms with Crippen molar-refractivity contribution in [2.45, 2.75) is 37.6 Å². The molecule has 8 heteroatoms. The molecule has 26 heavy (non-hydrogen) atoms. The van der Waals surface area contributed by atoms with Crippen molar-refractivity contribution in [2.75, 3.05) is 17.6 Å². The quantitative estimate of drug-likeness (QED) is 0.605. The number of nitrogens with one attached hydrogen (secondary N) is 2. The van der Waals surface area contributed by atoms with E-state index in [0.717, 1.165) is 21.6 Å². The van der Waals surface area contributed by atoms with Crippen LogP contribution in [0.1, 0.15) is 26.3 Å². The number of benzene rings is 1. The third-order valence-electron chi connectivity index (χ3n) is 3.50. The first-order chi connectivity index (χ1) is 12.4. The molecule has 1 aromatic heterocycles. The van der Waals surface area contributed by atoms with Gasteiger partial charge in [-0.3, -0.25) is 9.59 Å². The molecule has 1 atom stereocenters. The van der Waals surface area contributed by atoms with E-state index in [1.165, 1.54) is 30.0 Å². The molecule has 1 heterocycles. The summed E-state index contributed by atoms with van der Waals surface area (Å²) in [6.07, 6.45) is 0.495. The van der Waals surface area contributed by atoms with Gasteiger partial charge in [-0.25, -0.2) is 0 Å². The number of ketones is 1. The van der Waals surface area contributed by atoms with Crippen molar-refractivity contribution < 1.29 is 9.59 Å². The average molecular weight is 393 g/mol. The van der Waals surface area contributed by atoms with E-state index in [4.69, 9.17) is 0 Å². The second kappa shape index (κ2) is 10.3. The van der Waals surface area contributed by atoms with Gasteiger partial charge in [0.05, 0.1) is 11.8 Å². The molecule has 1 amide bonds. The first kappa shape index (κ1) is 20.4. The molecule has 0 aliphatic carbocycles. The lowest BCUT2D eigenvalue weighted by molar-refractivity contribution is -0.125. The summed E-state index contributed by atoms with van der Waals surface area (Å²) in [5, 5.41) is 14.9. The Labute approximate surface area is 162 Å². The lowest BCUT2D eigenvalue weighted by Crippen LogP contribution is -2.42. The summed E-state index contributed by atoms with van der Waals surface area (Å²) >= 11 is 2.75. The third-order valence-corrected chi connectivity index (χ3v) is 5.52. The van der Waals surface area contributed by atoms with Crippen molar-refractivity contribution in [2.24, 2.45) is 5.92 Å². The molecule has 0 spiro atoms. The van der Waals surface area contributed by atoms with E-state index in [9.17, 15) is 9.59 Å². The van der Waals surface area contributed by atoms with E-state index < -0.39 is 6.04 Å².